The number of likely N-dealkylation sites (tertiary alicyclic amines) is 1. The van der Waals surface area contributed by atoms with E-state index < -0.39 is 0 Å². The lowest BCUT2D eigenvalue weighted by atomic mass is 10.1. The molecule has 0 radical (unpaired) electrons. The summed E-state index contributed by atoms with van der Waals surface area (Å²) in [5.74, 6) is 1.86. The van der Waals surface area contributed by atoms with E-state index in [0.717, 1.165) is 48.7 Å². The van der Waals surface area contributed by atoms with Crippen molar-refractivity contribution >= 4 is 41.0 Å². The van der Waals surface area contributed by atoms with Crippen LogP contribution in [0.2, 0.25) is 0 Å². The number of nitrogens with one attached hydrogen (secondary N) is 2. The summed E-state index contributed by atoms with van der Waals surface area (Å²) in [6, 6.07) is 6.27. The van der Waals surface area contributed by atoms with E-state index in [2.05, 4.69) is 71.1 Å². The minimum Gasteiger partial charge on any atom is -0.372 e. The first-order chi connectivity index (χ1) is 12.3. The van der Waals surface area contributed by atoms with Crippen LogP contribution in [0.3, 0.4) is 0 Å². The van der Waals surface area contributed by atoms with Crippen LogP contribution in [0, 0.1) is 6.92 Å². The van der Waals surface area contributed by atoms with Crippen molar-refractivity contribution in [3.8, 4) is 0 Å². The fourth-order valence-corrected chi connectivity index (χ4v) is 3.44. The fourth-order valence-electron chi connectivity index (χ4n) is 3.44. The van der Waals surface area contributed by atoms with Crippen LogP contribution in [0.1, 0.15) is 45.0 Å². The zero-order valence-corrected chi connectivity index (χ0v) is 19.3. The Hall–Kier alpha value is -1.35. The van der Waals surface area contributed by atoms with Crippen LogP contribution >= 0.6 is 24.0 Å². The van der Waals surface area contributed by atoms with Crippen LogP contribution in [0.4, 0.5) is 0 Å². The quantitative estimate of drug-likeness (QED) is 0.394. The van der Waals surface area contributed by atoms with E-state index in [-0.39, 0.29) is 29.6 Å². The summed E-state index contributed by atoms with van der Waals surface area (Å²) in [6.07, 6.45) is 2.40. The molecule has 27 heavy (non-hydrogen) atoms. The number of halogens is 1. The zero-order chi connectivity index (χ0) is 18.7. The van der Waals surface area contributed by atoms with Gasteiger partial charge in [0.15, 0.2) is 5.96 Å². The van der Waals surface area contributed by atoms with Gasteiger partial charge in [0.2, 0.25) is 0 Å². The van der Waals surface area contributed by atoms with Crippen LogP contribution in [0.15, 0.2) is 23.2 Å². The molecule has 0 spiro atoms. The third-order valence-electron chi connectivity index (χ3n) is 4.57. The number of benzene rings is 1. The number of hydrogen-bond acceptors (Lipinski definition) is 3. The molecule has 0 bridgehead atoms. The average molecular weight is 485 g/mol. The lowest BCUT2D eigenvalue weighted by Gasteiger charge is -2.36. The first kappa shape index (κ1) is 21.9. The van der Waals surface area contributed by atoms with Gasteiger partial charge in [0.1, 0.15) is 5.82 Å². The normalized spacial score (nSPS) is 16.5. The van der Waals surface area contributed by atoms with Crippen molar-refractivity contribution in [1.82, 2.24) is 20.2 Å². The number of nitrogens with zero attached hydrogens (tertiary/aromatic N) is 3. The number of hydrogen-bond donors (Lipinski definition) is 2. The van der Waals surface area contributed by atoms with Gasteiger partial charge in [-0.15, -0.1) is 24.0 Å². The molecule has 1 aromatic carbocycles. The number of fused-ring (bicyclic) bond motifs is 1. The molecule has 6 nitrogen and oxygen atoms in total. The Bertz CT molecular complexity index is 772. The number of piperidine rings is 1. The number of ether oxygens (including phenoxy) is 1. The van der Waals surface area contributed by atoms with Crippen molar-refractivity contribution in [2.75, 3.05) is 20.1 Å². The summed E-state index contributed by atoms with van der Waals surface area (Å²) < 4.78 is 6.11. The average Bonchev–Trinajstić information content (AvgIpc) is 2.97. The van der Waals surface area contributed by atoms with Gasteiger partial charge in [0.25, 0.3) is 0 Å². The monoisotopic (exact) mass is 485 g/mol. The smallest absolute Gasteiger partial charge is 0.194 e. The molecule has 150 valence electrons. The molecular formula is C20H32IN5O. The second-order valence-electron chi connectivity index (χ2n) is 8.02. The number of guanidine groups is 1. The van der Waals surface area contributed by atoms with Gasteiger partial charge in [-0.3, -0.25) is 4.99 Å². The summed E-state index contributed by atoms with van der Waals surface area (Å²) in [6.45, 7) is 11.0. The Labute approximate surface area is 179 Å². The van der Waals surface area contributed by atoms with E-state index in [4.69, 9.17) is 4.74 Å². The Morgan fingerprint density at radius 3 is 2.67 bits per heavy atom. The van der Waals surface area contributed by atoms with Crippen molar-refractivity contribution in [3.05, 3.63) is 29.6 Å². The van der Waals surface area contributed by atoms with E-state index in [0.29, 0.717) is 12.6 Å². The molecule has 1 aliphatic rings. The van der Waals surface area contributed by atoms with E-state index >= 15 is 0 Å². The highest BCUT2D eigenvalue weighted by molar-refractivity contribution is 14.0. The molecule has 2 aromatic rings. The van der Waals surface area contributed by atoms with Gasteiger partial charge in [-0.25, -0.2) is 4.98 Å². The van der Waals surface area contributed by atoms with Crippen LogP contribution in [0.5, 0.6) is 0 Å². The number of aryl methyl sites for hydroxylation is 1. The van der Waals surface area contributed by atoms with Crippen LogP contribution < -0.4 is 5.32 Å². The molecule has 1 fully saturated rings. The van der Waals surface area contributed by atoms with Crippen molar-refractivity contribution < 1.29 is 4.74 Å². The Morgan fingerprint density at radius 2 is 2.04 bits per heavy atom. The van der Waals surface area contributed by atoms with E-state index in [1.807, 2.05) is 7.05 Å². The molecule has 1 aromatic heterocycles. The molecule has 0 unspecified atom stereocenters. The molecule has 2 N–H and O–H groups in total. The maximum Gasteiger partial charge on any atom is 0.194 e. The molecule has 2 heterocycles. The fraction of sp³-hybridized carbons (Fsp3) is 0.600. The second kappa shape index (κ2) is 9.23. The highest BCUT2D eigenvalue weighted by Gasteiger charge is 2.25. The predicted molar refractivity (Wildman–Crippen MR) is 122 cm³/mol. The zero-order valence-electron chi connectivity index (χ0n) is 17.0. The summed E-state index contributed by atoms with van der Waals surface area (Å²) in [5.41, 5.74) is 3.24. The molecule has 1 aliphatic heterocycles. The minimum atomic E-state index is -0.0770. The number of rotatable bonds is 3. The Morgan fingerprint density at radius 1 is 1.33 bits per heavy atom. The van der Waals surface area contributed by atoms with Crippen molar-refractivity contribution in [1.29, 1.82) is 0 Å². The molecular weight excluding hydrogens is 453 g/mol. The molecule has 0 amide bonds. The van der Waals surface area contributed by atoms with E-state index in [1.165, 1.54) is 5.56 Å². The largest absolute Gasteiger partial charge is 0.372 e. The molecule has 0 aliphatic carbocycles. The number of aliphatic imine (C=N–C) groups is 1. The summed E-state index contributed by atoms with van der Waals surface area (Å²) in [5, 5.41) is 3.44. The minimum absolute atomic E-state index is 0. The second-order valence-corrected chi connectivity index (χ2v) is 8.02. The van der Waals surface area contributed by atoms with Gasteiger partial charge in [-0.2, -0.15) is 0 Å². The summed E-state index contributed by atoms with van der Waals surface area (Å²) >= 11 is 0. The van der Waals surface area contributed by atoms with Gasteiger partial charge in [0.05, 0.1) is 29.3 Å². The van der Waals surface area contributed by atoms with Gasteiger partial charge < -0.3 is 19.9 Å². The standard InChI is InChI=1S/C20H31N5O.HI/c1-14-6-7-16-17(12-14)24-18(23-16)13-22-19(21-5)25-10-8-15(9-11-25)26-20(2,3)4;/h6-7,12,15H,8-11,13H2,1-5H3,(H,21,22)(H,23,24);1H. The Balaban J connectivity index is 0.00000261. The first-order valence-corrected chi connectivity index (χ1v) is 9.43. The number of aromatic nitrogens is 2. The number of imidazole rings is 1. The lowest BCUT2D eigenvalue weighted by Crippen LogP contribution is -2.47. The van der Waals surface area contributed by atoms with Crippen LogP contribution in [-0.4, -0.2) is 52.7 Å². The van der Waals surface area contributed by atoms with Crippen LogP contribution in [0.25, 0.3) is 11.0 Å². The third kappa shape index (κ3) is 6.07. The summed E-state index contributed by atoms with van der Waals surface area (Å²) in [4.78, 5) is 14.8. The van der Waals surface area contributed by atoms with Crippen molar-refractivity contribution in [3.63, 3.8) is 0 Å². The molecule has 0 saturated carbocycles. The van der Waals surface area contributed by atoms with Gasteiger partial charge in [-0.05, 0) is 58.2 Å². The highest BCUT2D eigenvalue weighted by Crippen LogP contribution is 2.20. The van der Waals surface area contributed by atoms with Crippen molar-refractivity contribution in [2.45, 2.75) is 58.8 Å². The molecule has 0 atom stereocenters. The number of aromatic amines is 1. The lowest BCUT2D eigenvalue weighted by molar-refractivity contribution is -0.0772. The first-order valence-electron chi connectivity index (χ1n) is 9.43. The molecule has 3 rings (SSSR count). The van der Waals surface area contributed by atoms with Gasteiger partial charge >= 0.3 is 0 Å². The highest BCUT2D eigenvalue weighted by atomic mass is 127. The SMILES string of the molecule is CN=C(NCc1nc2ccc(C)cc2[nH]1)N1CCC(OC(C)(C)C)CC1.I. The van der Waals surface area contributed by atoms with E-state index in [1.54, 1.807) is 0 Å². The Kier molecular flexibility index (Phi) is 7.50. The topological polar surface area (TPSA) is 65.5 Å². The summed E-state index contributed by atoms with van der Waals surface area (Å²) in [7, 11) is 1.84. The van der Waals surface area contributed by atoms with Crippen LogP contribution in [-0.2, 0) is 11.3 Å². The van der Waals surface area contributed by atoms with Gasteiger partial charge in [0, 0.05) is 20.1 Å². The van der Waals surface area contributed by atoms with Gasteiger partial charge in [-0.1, -0.05) is 6.07 Å². The number of H-pyrrole nitrogens is 1. The predicted octanol–water partition coefficient (Wildman–Crippen LogP) is 3.84. The maximum atomic E-state index is 6.11. The third-order valence-corrected chi connectivity index (χ3v) is 4.57. The van der Waals surface area contributed by atoms with E-state index in [9.17, 15) is 0 Å². The van der Waals surface area contributed by atoms with Crippen molar-refractivity contribution in [2.24, 2.45) is 4.99 Å². The molecule has 7 heteroatoms. The molecule has 1 saturated heterocycles. The maximum absolute atomic E-state index is 6.11.